The fourth-order valence-corrected chi connectivity index (χ4v) is 6.95. The molecule has 238 valence electrons. The highest BCUT2D eigenvalue weighted by atomic mass is 35.5. The molecule has 0 spiro atoms. The number of benzene rings is 3. The zero-order valence-corrected chi connectivity index (χ0v) is 26.8. The summed E-state index contributed by atoms with van der Waals surface area (Å²) in [5.74, 6) is -0.216. The summed E-state index contributed by atoms with van der Waals surface area (Å²) >= 11 is 6.33. The van der Waals surface area contributed by atoms with E-state index in [-0.39, 0.29) is 11.7 Å². The number of methoxy groups -OCH3 is 1. The fraction of sp³-hybridized carbons (Fsp3) is 0.306. The van der Waals surface area contributed by atoms with Gasteiger partial charge in [0, 0.05) is 42.8 Å². The number of para-hydroxylation sites is 1. The monoisotopic (exact) mass is 640 g/mol. The van der Waals surface area contributed by atoms with Crippen LogP contribution in [0, 0.1) is 19.8 Å². The number of carbonyl (C=O) groups excluding carboxylic acids is 3. The van der Waals surface area contributed by atoms with Gasteiger partial charge in [0.05, 0.1) is 24.6 Å². The van der Waals surface area contributed by atoms with Crippen LogP contribution in [0.25, 0.3) is 0 Å². The zero-order valence-electron chi connectivity index (χ0n) is 26.0. The largest absolute Gasteiger partial charge is 0.497 e. The number of rotatable bonds is 7. The van der Waals surface area contributed by atoms with Gasteiger partial charge in [0.2, 0.25) is 5.91 Å². The van der Waals surface area contributed by atoms with Gasteiger partial charge >= 0.3 is 6.03 Å². The molecule has 9 nitrogen and oxygen atoms in total. The van der Waals surface area contributed by atoms with Gasteiger partial charge in [-0.1, -0.05) is 54.1 Å². The third-order valence-electron chi connectivity index (χ3n) is 8.93. The summed E-state index contributed by atoms with van der Waals surface area (Å²) in [6, 6.07) is 23.1. The van der Waals surface area contributed by atoms with Crippen LogP contribution < -0.4 is 15.4 Å². The van der Waals surface area contributed by atoms with Gasteiger partial charge in [0.15, 0.2) is 5.78 Å². The molecule has 46 heavy (non-hydrogen) atoms. The van der Waals surface area contributed by atoms with Crippen molar-refractivity contribution in [2.45, 2.75) is 31.8 Å². The minimum atomic E-state index is -1.00. The van der Waals surface area contributed by atoms with Crippen LogP contribution in [0.15, 0.2) is 89.3 Å². The Morgan fingerprint density at radius 3 is 2.17 bits per heavy atom. The van der Waals surface area contributed by atoms with E-state index >= 15 is 0 Å². The summed E-state index contributed by atoms with van der Waals surface area (Å²) in [5.41, 5.74) is 2.45. The average molecular weight is 641 g/mol. The van der Waals surface area contributed by atoms with E-state index in [1.54, 1.807) is 61.1 Å². The van der Waals surface area contributed by atoms with Gasteiger partial charge in [0.25, 0.3) is 0 Å². The Balaban J connectivity index is 1.59. The van der Waals surface area contributed by atoms with Crippen LogP contribution in [-0.4, -0.2) is 66.9 Å². The summed E-state index contributed by atoms with van der Waals surface area (Å²) in [7, 11) is 1.59. The number of amides is 3. The number of piperazine rings is 1. The van der Waals surface area contributed by atoms with E-state index in [1.807, 2.05) is 54.6 Å². The average Bonchev–Trinajstić information content (AvgIpc) is 3.62. The molecule has 2 aliphatic heterocycles. The van der Waals surface area contributed by atoms with Crippen molar-refractivity contribution in [3.63, 3.8) is 0 Å². The number of ether oxygens (including phenoxy) is 1. The van der Waals surface area contributed by atoms with Crippen molar-refractivity contribution in [2.75, 3.05) is 38.6 Å². The highest BCUT2D eigenvalue weighted by molar-refractivity contribution is 6.30. The molecule has 2 fully saturated rings. The molecule has 2 saturated heterocycles. The lowest BCUT2D eigenvalue weighted by atomic mass is 9.76. The molecule has 3 aromatic carbocycles. The first kappa shape index (κ1) is 31.4. The van der Waals surface area contributed by atoms with E-state index in [9.17, 15) is 14.4 Å². The van der Waals surface area contributed by atoms with Crippen molar-refractivity contribution in [3.05, 3.63) is 118 Å². The van der Waals surface area contributed by atoms with Crippen LogP contribution in [0.3, 0.4) is 0 Å². The maximum absolute atomic E-state index is 14.9. The van der Waals surface area contributed by atoms with Crippen molar-refractivity contribution in [1.82, 2.24) is 15.1 Å². The summed E-state index contributed by atoms with van der Waals surface area (Å²) in [6.07, 6.45) is 0. The minimum absolute atomic E-state index is 0.205. The molecule has 0 aliphatic carbocycles. The summed E-state index contributed by atoms with van der Waals surface area (Å²) in [5, 5.41) is 6.84. The van der Waals surface area contributed by atoms with Gasteiger partial charge < -0.3 is 29.6 Å². The molecule has 3 amide bonds. The lowest BCUT2D eigenvalue weighted by Gasteiger charge is -2.36. The van der Waals surface area contributed by atoms with E-state index in [0.717, 1.165) is 5.56 Å². The van der Waals surface area contributed by atoms with Gasteiger partial charge in [-0.2, -0.15) is 0 Å². The van der Waals surface area contributed by atoms with Gasteiger partial charge in [-0.05, 0) is 67.4 Å². The number of furan rings is 1. The summed E-state index contributed by atoms with van der Waals surface area (Å²) in [6.45, 7) is 5.81. The first-order valence-corrected chi connectivity index (χ1v) is 15.8. The van der Waals surface area contributed by atoms with Crippen LogP contribution in [0.1, 0.15) is 45.0 Å². The topological polar surface area (TPSA) is 104 Å². The molecule has 4 aromatic rings. The smallest absolute Gasteiger partial charge is 0.323 e. The number of urea groups is 1. The van der Waals surface area contributed by atoms with Gasteiger partial charge in [-0.25, -0.2) is 4.79 Å². The Labute approximate surface area is 273 Å². The third kappa shape index (κ3) is 6.12. The van der Waals surface area contributed by atoms with E-state index in [0.29, 0.717) is 65.3 Å². The Morgan fingerprint density at radius 2 is 1.57 bits per heavy atom. The molecular weight excluding hydrogens is 604 g/mol. The van der Waals surface area contributed by atoms with Crippen molar-refractivity contribution in [2.24, 2.45) is 5.92 Å². The molecule has 2 aliphatic rings. The second-order valence-corrected chi connectivity index (χ2v) is 12.2. The van der Waals surface area contributed by atoms with Crippen molar-refractivity contribution >= 4 is 35.0 Å². The number of nitrogens with zero attached hydrogens (tertiary/aromatic N) is 2. The molecule has 0 radical (unpaired) electrons. The zero-order chi connectivity index (χ0) is 32.4. The predicted molar refractivity (Wildman–Crippen MR) is 176 cm³/mol. The normalized spacial score (nSPS) is 21.2. The lowest BCUT2D eigenvalue weighted by molar-refractivity contribution is -0.136. The molecule has 10 heteroatoms. The Morgan fingerprint density at radius 1 is 0.913 bits per heavy atom. The number of ketones is 1. The van der Waals surface area contributed by atoms with Crippen molar-refractivity contribution in [1.29, 1.82) is 0 Å². The molecule has 6 rings (SSSR count). The predicted octanol–water partition coefficient (Wildman–Crippen LogP) is 6.23. The van der Waals surface area contributed by atoms with E-state index in [4.69, 9.17) is 20.8 Å². The quantitative estimate of drug-likeness (QED) is 0.232. The number of likely N-dealkylation sites (tertiary alicyclic amines) is 1. The first-order valence-electron chi connectivity index (χ1n) is 15.4. The van der Waals surface area contributed by atoms with Crippen molar-refractivity contribution in [3.8, 4) is 5.75 Å². The Bertz CT molecular complexity index is 1700. The maximum atomic E-state index is 14.9. The summed E-state index contributed by atoms with van der Waals surface area (Å²) < 4.78 is 11.3. The minimum Gasteiger partial charge on any atom is -0.497 e. The SMILES string of the molecule is COc1ccc(C2C(C(=O)c3cc(C)oc3C)C(c3ccc(Cl)cc3)N(C(=O)Nc3ccccc3)C2C(=O)N2CCNCC2)cc1. The molecule has 0 bridgehead atoms. The highest BCUT2D eigenvalue weighted by Gasteiger charge is 2.58. The van der Waals surface area contributed by atoms with Gasteiger partial charge in [0.1, 0.15) is 23.3 Å². The number of anilines is 1. The second kappa shape index (κ2) is 13.4. The number of halogens is 1. The fourth-order valence-electron chi connectivity index (χ4n) is 6.82. The van der Waals surface area contributed by atoms with Crippen LogP contribution >= 0.6 is 11.6 Å². The number of nitrogens with one attached hydrogen (secondary N) is 2. The number of Topliss-reactive ketones (excluding diaryl/α,β-unsaturated/α-hetero) is 1. The van der Waals surface area contributed by atoms with E-state index in [1.165, 1.54) is 0 Å². The van der Waals surface area contributed by atoms with Crippen molar-refractivity contribution < 1.29 is 23.5 Å². The number of aryl methyl sites for hydroxylation is 2. The molecule has 4 atom stereocenters. The van der Waals surface area contributed by atoms with Crippen LogP contribution in [0.2, 0.25) is 5.02 Å². The van der Waals surface area contributed by atoms with Crippen LogP contribution in [0.5, 0.6) is 5.75 Å². The van der Waals surface area contributed by atoms with E-state index < -0.39 is 30.0 Å². The van der Waals surface area contributed by atoms with Gasteiger partial charge in [-0.3, -0.25) is 9.59 Å². The lowest BCUT2D eigenvalue weighted by Crippen LogP contribution is -2.55. The second-order valence-electron chi connectivity index (χ2n) is 11.7. The van der Waals surface area contributed by atoms with E-state index in [2.05, 4.69) is 10.6 Å². The Kier molecular flexibility index (Phi) is 9.15. The van der Waals surface area contributed by atoms with Gasteiger partial charge in [-0.15, -0.1) is 0 Å². The molecule has 1 aromatic heterocycles. The first-order chi connectivity index (χ1) is 22.3. The Hall–Kier alpha value is -4.60. The number of hydrogen-bond acceptors (Lipinski definition) is 6. The molecular formula is C36H37ClN4O5. The molecule has 3 heterocycles. The number of hydrogen-bond donors (Lipinski definition) is 2. The number of carbonyl (C=O) groups is 3. The third-order valence-corrected chi connectivity index (χ3v) is 9.18. The molecule has 4 unspecified atom stereocenters. The summed E-state index contributed by atoms with van der Waals surface area (Å²) in [4.78, 5) is 47.6. The maximum Gasteiger partial charge on any atom is 0.323 e. The standard InChI is InChI=1S/C36H37ClN4O5/c1-22-21-29(23(2)46-22)34(42)31-30(24-11-15-28(45-3)16-12-24)33(35(43)40-19-17-38-18-20-40)41(32(31)25-9-13-26(37)14-10-25)36(44)39-27-7-5-4-6-8-27/h4-16,21,30-33,38H,17-20H2,1-3H3,(H,39,44). The van der Waals surface area contributed by atoms with Crippen LogP contribution in [-0.2, 0) is 4.79 Å². The van der Waals surface area contributed by atoms with Crippen LogP contribution in [0.4, 0.5) is 10.5 Å². The molecule has 2 N–H and O–H groups in total. The molecule has 0 saturated carbocycles. The highest BCUT2D eigenvalue weighted by Crippen LogP contribution is 2.52.